The summed E-state index contributed by atoms with van der Waals surface area (Å²) in [5.41, 5.74) is 0.808. The molecule has 0 aliphatic carbocycles. The van der Waals surface area contributed by atoms with E-state index in [0.29, 0.717) is 10.6 Å². The van der Waals surface area contributed by atoms with E-state index in [0.717, 1.165) is 22.7 Å². The highest BCUT2D eigenvalue weighted by Gasteiger charge is 2.22. The van der Waals surface area contributed by atoms with Crippen molar-refractivity contribution in [1.29, 1.82) is 5.26 Å². The van der Waals surface area contributed by atoms with Gasteiger partial charge in [0.15, 0.2) is 0 Å². The molecule has 2 aromatic heterocycles. The van der Waals surface area contributed by atoms with Gasteiger partial charge >= 0.3 is 0 Å². The third kappa shape index (κ3) is 2.93. The standard InChI is InChI=1S/C13H14N2O3S2/c1-8-6-12(10(3)18-8)9(2)15-20(16,17)13-5-4-11(7-14)19-13/h4-6,9,15H,1-3H3. The zero-order valence-corrected chi connectivity index (χ0v) is 12.9. The Labute approximate surface area is 121 Å². The van der Waals surface area contributed by atoms with Crippen molar-refractivity contribution in [2.75, 3.05) is 0 Å². The molecular formula is C13H14N2O3S2. The molecule has 0 saturated carbocycles. The van der Waals surface area contributed by atoms with Crippen molar-refractivity contribution >= 4 is 21.4 Å². The molecule has 0 spiro atoms. The number of thiophene rings is 1. The smallest absolute Gasteiger partial charge is 0.250 e. The number of hydrogen-bond donors (Lipinski definition) is 1. The maximum absolute atomic E-state index is 12.2. The Morgan fingerprint density at radius 2 is 2.10 bits per heavy atom. The van der Waals surface area contributed by atoms with E-state index in [9.17, 15) is 8.42 Å². The van der Waals surface area contributed by atoms with Crippen LogP contribution in [0.5, 0.6) is 0 Å². The monoisotopic (exact) mass is 310 g/mol. The summed E-state index contributed by atoms with van der Waals surface area (Å²) >= 11 is 0.951. The predicted octanol–water partition coefficient (Wildman–Crippen LogP) is 2.87. The fourth-order valence-electron chi connectivity index (χ4n) is 1.96. The van der Waals surface area contributed by atoms with Gasteiger partial charge < -0.3 is 4.42 Å². The lowest BCUT2D eigenvalue weighted by molar-refractivity contribution is 0.496. The summed E-state index contributed by atoms with van der Waals surface area (Å²) in [6.45, 7) is 5.37. The van der Waals surface area contributed by atoms with Gasteiger partial charge in [-0.15, -0.1) is 11.3 Å². The maximum atomic E-state index is 12.2. The summed E-state index contributed by atoms with van der Waals surface area (Å²) in [6, 6.07) is 6.28. The van der Waals surface area contributed by atoms with Gasteiger partial charge in [-0.2, -0.15) is 5.26 Å². The Morgan fingerprint density at radius 1 is 1.40 bits per heavy atom. The third-order valence-electron chi connectivity index (χ3n) is 2.83. The van der Waals surface area contributed by atoms with Gasteiger partial charge in [0.2, 0.25) is 0 Å². The zero-order chi connectivity index (χ0) is 14.9. The van der Waals surface area contributed by atoms with Crippen LogP contribution >= 0.6 is 11.3 Å². The van der Waals surface area contributed by atoms with Gasteiger partial charge in [-0.3, -0.25) is 0 Å². The van der Waals surface area contributed by atoms with Crippen LogP contribution in [0.2, 0.25) is 0 Å². The second-order valence-electron chi connectivity index (χ2n) is 4.44. The van der Waals surface area contributed by atoms with E-state index in [4.69, 9.17) is 9.68 Å². The van der Waals surface area contributed by atoms with Crippen LogP contribution in [0.3, 0.4) is 0 Å². The highest BCUT2D eigenvalue weighted by molar-refractivity contribution is 7.91. The average molecular weight is 310 g/mol. The summed E-state index contributed by atoms with van der Waals surface area (Å²) in [4.78, 5) is 0.369. The molecule has 0 aromatic carbocycles. The minimum atomic E-state index is -3.63. The minimum absolute atomic E-state index is 0.138. The first-order valence-corrected chi connectivity index (χ1v) is 8.22. The highest BCUT2D eigenvalue weighted by Crippen LogP contribution is 2.25. The lowest BCUT2D eigenvalue weighted by atomic mass is 10.1. The molecule has 0 bridgehead atoms. The van der Waals surface area contributed by atoms with E-state index in [1.807, 2.05) is 19.1 Å². The number of nitrogens with zero attached hydrogens (tertiary/aromatic N) is 1. The van der Waals surface area contributed by atoms with Crippen molar-refractivity contribution in [2.24, 2.45) is 0 Å². The van der Waals surface area contributed by atoms with Gasteiger partial charge in [0.05, 0.1) is 0 Å². The van der Waals surface area contributed by atoms with E-state index in [1.54, 1.807) is 13.8 Å². The first-order chi connectivity index (χ1) is 9.33. The molecule has 0 saturated heterocycles. The summed E-state index contributed by atoms with van der Waals surface area (Å²) in [5.74, 6) is 1.44. The Morgan fingerprint density at radius 3 is 2.60 bits per heavy atom. The Kier molecular flexibility index (Phi) is 3.99. The van der Waals surface area contributed by atoms with E-state index in [1.165, 1.54) is 12.1 Å². The quantitative estimate of drug-likeness (QED) is 0.941. The molecule has 5 nitrogen and oxygen atoms in total. The molecule has 106 valence electrons. The number of aryl methyl sites for hydroxylation is 2. The van der Waals surface area contributed by atoms with Crippen LogP contribution in [0.1, 0.15) is 34.9 Å². The molecule has 0 radical (unpaired) electrons. The number of sulfonamides is 1. The number of nitriles is 1. The minimum Gasteiger partial charge on any atom is -0.466 e. The fourth-order valence-corrected chi connectivity index (χ4v) is 4.30. The van der Waals surface area contributed by atoms with Crippen molar-refractivity contribution in [3.8, 4) is 6.07 Å². The van der Waals surface area contributed by atoms with Crippen molar-refractivity contribution in [3.63, 3.8) is 0 Å². The van der Waals surface area contributed by atoms with Gasteiger partial charge in [-0.1, -0.05) is 0 Å². The van der Waals surface area contributed by atoms with Crippen LogP contribution in [-0.4, -0.2) is 8.42 Å². The van der Waals surface area contributed by atoms with Crippen LogP contribution in [0.4, 0.5) is 0 Å². The Balaban J connectivity index is 2.24. The summed E-state index contributed by atoms with van der Waals surface area (Å²) in [7, 11) is -3.63. The average Bonchev–Trinajstić information content (AvgIpc) is 2.95. The topological polar surface area (TPSA) is 83.1 Å². The molecule has 20 heavy (non-hydrogen) atoms. The van der Waals surface area contributed by atoms with Gasteiger partial charge in [0.1, 0.15) is 26.7 Å². The van der Waals surface area contributed by atoms with E-state index in [2.05, 4.69) is 4.72 Å². The normalized spacial score (nSPS) is 13.1. The molecule has 0 aliphatic heterocycles. The molecule has 2 heterocycles. The predicted molar refractivity (Wildman–Crippen MR) is 76.0 cm³/mol. The molecule has 2 aromatic rings. The molecule has 0 aliphatic rings. The van der Waals surface area contributed by atoms with Crippen LogP contribution in [0, 0.1) is 25.2 Å². The van der Waals surface area contributed by atoms with Crippen LogP contribution < -0.4 is 4.72 Å². The van der Waals surface area contributed by atoms with Crippen molar-refractivity contribution < 1.29 is 12.8 Å². The van der Waals surface area contributed by atoms with Gasteiger partial charge in [0, 0.05) is 11.6 Å². The molecule has 7 heteroatoms. The molecule has 0 amide bonds. The number of nitrogens with one attached hydrogen (secondary N) is 1. The van der Waals surface area contributed by atoms with Crippen LogP contribution in [-0.2, 0) is 10.0 Å². The van der Waals surface area contributed by atoms with Crippen LogP contribution in [0.25, 0.3) is 0 Å². The fraction of sp³-hybridized carbons (Fsp3) is 0.308. The van der Waals surface area contributed by atoms with Gasteiger partial charge in [-0.05, 0) is 39.0 Å². The van der Waals surface area contributed by atoms with Gasteiger partial charge in [0.25, 0.3) is 10.0 Å². The second-order valence-corrected chi connectivity index (χ2v) is 7.47. The van der Waals surface area contributed by atoms with E-state index in [-0.39, 0.29) is 4.21 Å². The Bertz CT molecular complexity index is 766. The molecule has 1 atom stereocenters. The third-order valence-corrected chi connectivity index (χ3v) is 5.86. The van der Waals surface area contributed by atoms with Crippen molar-refractivity contribution in [2.45, 2.75) is 31.0 Å². The van der Waals surface area contributed by atoms with E-state index >= 15 is 0 Å². The summed E-state index contributed by atoms with van der Waals surface area (Å²) < 4.78 is 32.6. The molecule has 0 fully saturated rings. The molecule has 1 N–H and O–H groups in total. The van der Waals surface area contributed by atoms with Gasteiger partial charge in [-0.25, -0.2) is 13.1 Å². The number of furan rings is 1. The highest BCUT2D eigenvalue weighted by atomic mass is 32.2. The van der Waals surface area contributed by atoms with Crippen molar-refractivity contribution in [1.82, 2.24) is 4.72 Å². The zero-order valence-electron chi connectivity index (χ0n) is 11.3. The van der Waals surface area contributed by atoms with Crippen molar-refractivity contribution in [3.05, 3.63) is 40.2 Å². The van der Waals surface area contributed by atoms with Crippen LogP contribution in [0.15, 0.2) is 26.8 Å². The first-order valence-electron chi connectivity index (χ1n) is 5.92. The largest absolute Gasteiger partial charge is 0.466 e. The molecular weight excluding hydrogens is 296 g/mol. The second kappa shape index (κ2) is 5.40. The first kappa shape index (κ1) is 14.8. The lowest BCUT2D eigenvalue weighted by Gasteiger charge is -2.12. The number of hydrogen-bond acceptors (Lipinski definition) is 5. The summed E-state index contributed by atoms with van der Waals surface area (Å²) in [6.07, 6.45) is 0. The number of rotatable bonds is 4. The molecule has 1 unspecified atom stereocenters. The lowest BCUT2D eigenvalue weighted by Crippen LogP contribution is -2.26. The molecule has 2 rings (SSSR count). The SMILES string of the molecule is Cc1cc(C(C)NS(=O)(=O)c2ccc(C#N)s2)c(C)o1. The van der Waals surface area contributed by atoms with E-state index < -0.39 is 16.1 Å². The Hall–Kier alpha value is -1.62. The maximum Gasteiger partial charge on any atom is 0.250 e. The summed E-state index contributed by atoms with van der Waals surface area (Å²) in [5, 5.41) is 8.75.